The maximum absolute atomic E-state index is 14.5. The van der Waals surface area contributed by atoms with E-state index in [9.17, 15) is 13.6 Å². The quantitative estimate of drug-likeness (QED) is 0.710. The Labute approximate surface area is 164 Å². The summed E-state index contributed by atoms with van der Waals surface area (Å²) in [6.07, 6.45) is 1.02. The lowest BCUT2D eigenvalue weighted by Crippen LogP contribution is -2.16. The number of nitriles is 1. The number of nitrogens with one attached hydrogen (secondary N) is 1. The minimum absolute atomic E-state index is 0.0381. The smallest absolute Gasteiger partial charge is 0.231 e. The van der Waals surface area contributed by atoms with Gasteiger partial charge in [0.25, 0.3) is 0 Å². The van der Waals surface area contributed by atoms with Crippen LogP contribution < -0.4 is 10.1 Å². The molecule has 1 aliphatic carbocycles. The molecular weight excluding hydrogens is 380 g/mol. The molecule has 0 unspecified atom stereocenters. The zero-order valence-corrected chi connectivity index (χ0v) is 15.7. The molecule has 1 amide bonds. The van der Waals surface area contributed by atoms with Gasteiger partial charge in [-0.1, -0.05) is 6.92 Å². The Kier molecular flexibility index (Phi) is 4.62. The van der Waals surface area contributed by atoms with Gasteiger partial charge in [0.2, 0.25) is 11.8 Å². The van der Waals surface area contributed by atoms with Crippen molar-refractivity contribution < 1.29 is 18.3 Å². The molecule has 7 nitrogen and oxygen atoms in total. The van der Waals surface area contributed by atoms with E-state index < -0.39 is 23.8 Å². The average molecular weight is 397 g/mol. The van der Waals surface area contributed by atoms with E-state index in [0.29, 0.717) is 23.0 Å². The number of ether oxygens (including phenoxy) is 1. The van der Waals surface area contributed by atoms with Crippen LogP contribution in [0.2, 0.25) is 0 Å². The molecule has 4 rings (SSSR count). The molecule has 2 heterocycles. The summed E-state index contributed by atoms with van der Waals surface area (Å²) in [5.41, 5.74) is 1.72. The molecule has 148 valence electrons. The summed E-state index contributed by atoms with van der Waals surface area (Å²) in [6, 6.07) is 6.13. The van der Waals surface area contributed by atoms with Crippen molar-refractivity contribution in [2.24, 2.45) is 13.0 Å². The Morgan fingerprint density at radius 2 is 2.21 bits per heavy atom. The van der Waals surface area contributed by atoms with Gasteiger partial charge in [-0.3, -0.25) is 4.79 Å². The molecule has 0 saturated heterocycles. The lowest BCUT2D eigenvalue weighted by molar-refractivity contribution is -0.117. The van der Waals surface area contributed by atoms with Gasteiger partial charge < -0.3 is 14.6 Å². The fourth-order valence-electron chi connectivity index (χ4n) is 3.09. The van der Waals surface area contributed by atoms with E-state index in [-0.39, 0.29) is 29.4 Å². The number of pyridine rings is 1. The maximum atomic E-state index is 14.5. The summed E-state index contributed by atoms with van der Waals surface area (Å²) in [5.74, 6) is -1.73. The topological polar surface area (TPSA) is 92.8 Å². The van der Waals surface area contributed by atoms with Crippen LogP contribution in [0, 0.1) is 23.1 Å². The van der Waals surface area contributed by atoms with E-state index in [1.807, 2.05) is 13.0 Å². The number of amides is 1. The van der Waals surface area contributed by atoms with Gasteiger partial charge in [0.05, 0.1) is 29.4 Å². The minimum Gasteiger partial charge on any atom is -0.436 e. The average Bonchev–Trinajstić information content (AvgIpc) is 3.33. The van der Waals surface area contributed by atoms with Gasteiger partial charge in [-0.15, -0.1) is 0 Å². The number of anilines is 1. The van der Waals surface area contributed by atoms with Crippen molar-refractivity contribution >= 4 is 22.8 Å². The molecule has 1 fully saturated rings. The van der Waals surface area contributed by atoms with Gasteiger partial charge in [0, 0.05) is 13.1 Å². The van der Waals surface area contributed by atoms with Crippen LogP contribution in [0.4, 0.5) is 14.6 Å². The Balaban J connectivity index is 1.74. The summed E-state index contributed by atoms with van der Waals surface area (Å²) < 4.78 is 35.2. The molecule has 0 bridgehead atoms. The Morgan fingerprint density at radius 3 is 2.86 bits per heavy atom. The Bertz CT molecular complexity index is 1170. The number of benzene rings is 1. The van der Waals surface area contributed by atoms with E-state index in [4.69, 9.17) is 10.00 Å². The van der Waals surface area contributed by atoms with E-state index in [1.54, 1.807) is 30.1 Å². The molecule has 3 aromatic rings. The first-order chi connectivity index (χ1) is 13.9. The Morgan fingerprint density at radius 1 is 1.45 bits per heavy atom. The normalized spacial score (nSPS) is 17.8. The lowest BCUT2D eigenvalue weighted by atomic mass is 10.1. The number of aryl methyl sites for hydroxylation is 2. The van der Waals surface area contributed by atoms with Crippen molar-refractivity contribution in [3.8, 4) is 17.7 Å². The van der Waals surface area contributed by atoms with Gasteiger partial charge in [0.1, 0.15) is 11.7 Å². The number of alkyl halides is 1. The molecule has 0 radical (unpaired) electrons. The molecule has 2 atom stereocenters. The maximum Gasteiger partial charge on any atom is 0.231 e. The first-order valence-electron chi connectivity index (χ1n) is 9.08. The molecule has 29 heavy (non-hydrogen) atoms. The highest BCUT2D eigenvalue weighted by Gasteiger charge is 2.44. The summed E-state index contributed by atoms with van der Waals surface area (Å²) in [6.45, 7) is 1.81. The van der Waals surface area contributed by atoms with Crippen LogP contribution in [0.15, 0.2) is 24.5 Å². The van der Waals surface area contributed by atoms with Crippen LogP contribution >= 0.6 is 0 Å². The second-order valence-corrected chi connectivity index (χ2v) is 6.89. The van der Waals surface area contributed by atoms with Crippen LogP contribution in [0.3, 0.4) is 0 Å². The van der Waals surface area contributed by atoms with Gasteiger partial charge in [-0.05, 0) is 30.5 Å². The number of carbonyl (C=O) groups is 1. The molecule has 0 aliphatic heterocycles. The summed E-state index contributed by atoms with van der Waals surface area (Å²) in [4.78, 5) is 20.7. The molecule has 1 saturated carbocycles. The Hall–Kier alpha value is -3.54. The summed E-state index contributed by atoms with van der Waals surface area (Å²) >= 11 is 0. The number of imidazole rings is 1. The lowest BCUT2D eigenvalue weighted by Gasteiger charge is -2.13. The predicted octanol–water partition coefficient (Wildman–Crippen LogP) is 3.63. The van der Waals surface area contributed by atoms with E-state index >= 15 is 0 Å². The second kappa shape index (κ2) is 7.13. The van der Waals surface area contributed by atoms with Crippen molar-refractivity contribution in [3.05, 3.63) is 41.5 Å². The highest BCUT2D eigenvalue weighted by Crippen LogP contribution is 2.36. The standard InChI is InChI=1S/C20H17F2N5O2/c1-3-11-4-10(8-23)5-14(22)18(11)29-16-7-15-17(24-9-27(15)2)19(25-16)26-20(28)12-6-13(12)21/h4-5,7,9,12-13H,3,6H2,1-2H3,(H,25,26,28)/t12-,13+/m0/s1. The van der Waals surface area contributed by atoms with Crippen LogP contribution in [-0.4, -0.2) is 26.6 Å². The monoisotopic (exact) mass is 397 g/mol. The molecule has 1 N–H and O–H groups in total. The number of nitrogens with zero attached hydrogens (tertiary/aromatic N) is 4. The summed E-state index contributed by atoms with van der Waals surface area (Å²) in [5, 5.41) is 11.6. The number of carbonyl (C=O) groups excluding carboxylic acids is 1. The number of halogens is 2. The SMILES string of the molecule is CCc1cc(C#N)cc(F)c1Oc1cc2c(ncn2C)c(NC(=O)[C@H]2C[C@H]2F)n1. The molecular formula is C20H17F2N5O2. The van der Waals surface area contributed by atoms with Gasteiger partial charge >= 0.3 is 0 Å². The first-order valence-corrected chi connectivity index (χ1v) is 9.08. The number of fused-ring (bicyclic) bond motifs is 1. The fourth-order valence-corrected chi connectivity index (χ4v) is 3.09. The highest BCUT2D eigenvalue weighted by molar-refractivity contribution is 6.00. The highest BCUT2D eigenvalue weighted by atomic mass is 19.1. The third-order valence-electron chi connectivity index (χ3n) is 4.82. The third kappa shape index (κ3) is 3.49. The molecule has 9 heteroatoms. The van der Waals surface area contributed by atoms with Crippen LogP contribution in [0.25, 0.3) is 11.0 Å². The largest absolute Gasteiger partial charge is 0.436 e. The zero-order chi connectivity index (χ0) is 20.7. The number of rotatable bonds is 5. The van der Waals surface area contributed by atoms with Crippen molar-refractivity contribution in [1.29, 1.82) is 5.26 Å². The molecule has 1 aromatic carbocycles. The van der Waals surface area contributed by atoms with E-state index in [1.165, 1.54) is 0 Å². The van der Waals surface area contributed by atoms with Crippen molar-refractivity contribution in [2.45, 2.75) is 25.9 Å². The van der Waals surface area contributed by atoms with Crippen molar-refractivity contribution in [2.75, 3.05) is 5.32 Å². The van der Waals surface area contributed by atoms with E-state index in [2.05, 4.69) is 15.3 Å². The van der Waals surface area contributed by atoms with Crippen LogP contribution in [0.1, 0.15) is 24.5 Å². The predicted molar refractivity (Wildman–Crippen MR) is 101 cm³/mol. The molecule has 0 spiro atoms. The number of hydrogen-bond acceptors (Lipinski definition) is 5. The molecule has 1 aliphatic rings. The van der Waals surface area contributed by atoms with Crippen molar-refractivity contribution in [1.82, 2.24) is 14.5 Å². The third-order valence-corrected chi connectivity index (χ3v) is 4.82. The molecule has 2 aromatic heterocycles. The van der Waals surface area contributed by atoms with Crippen molar-refractivity contribution in [3.63, 3.8) is 0 Å². The zero-order valence-electron chi connectivity index (χ0n) is 15.7. The number of aromatic nitrogens is 3. The summed E-state index contributed by atoms with van der Waals surface area (Å²) in [7, 11) is 1.75. The van der Waals surface area contributed by atoms with E-state index in [0.717, 1.165) is 6.07 Å². The first kappa shape index (κ1) is 18.8. The van der Waals surface area contributed by atoms with Crippen LogP contribution in [0.5, 0.6) is 11.6 Å². The fraction of sp³-hybridized carbons (Fsp3) is 0.300. The van der Waals surface area contributed by atoms with Gasteiger partial charge in [0.15, 0.2) is 17.4 Å². The number of hydrogen-bond donors (Lipinski definition) is 1. The minimum atomic E-state index is -1.14. The van der Waals surface area contributed by atoms with Gasteiger partial charge in [-0.25, -0.2) is 13.8 Å². The van der Waals surface area contributed by atoms with Crippen LogP contribution in [-0.2, 0) is 18.3 Å². The second-order valence-electron chi connectivity index (χ2n) is 6.89. The van der Waals surface area contributed by atoms with Gasteiger partial charge in [-0.2, -0.15) is 10.2 Å².